The Morgan fingerprint density at radius 2 is 1.93 bits per heavy atom. The minimum absolute atomic E-state index is 0.0874. The molecule has 0 atom stereocenters. The van der Waals surface area contributed by atoms with E-state index < -0.39 is 5.54 Å². The Balaban J connectivity index is 2.52. The number of hydrogen-bond acceptors (Lipinski definition) is 3. The van der Waals surface area contributed by atoms with E-state index in [2.05, 4.69) is 5.32 Å². The number of carbonyl (C=O) groups excluding carboxylic acids is 1. The minimum Gasteiger partial charge on any atom is -0.465 e. The summed E-state index contributed by atoms with van der Waals surface area (Å²) in [6.45, 7) is 7.36. The van der Waals surface area contributed by atoms with Crippen LogP contribution < -0.4 is 5.32 Å². The van der Waals surface area contributed by atoms with E-state index in [9.17, 15) is 4.79 Å². The second-order valence-corrected chi connectivity index (χ2v) is 4.33. The molecule has 1 N–H and O–H groups in total. The van der Waals surface area contributed by atoms with E-state index in [4.69, 9.17) is 4.74 Å². The fourth-order valence-corrected chi connectivity index (χ4v) is 1.79. The third-order valence-electron chi connectivity index (χ3n) is 3.30. The van der Waals surface area contributed by atoms with Crippen LogP contribution in [0.4, 0.5) is 0 Å². The Kier molecular flexibility index (Phi) is 4.58. The Morgan fingerprint density at radius 1 is 1.33 bits per heavy atom. The van der Waals surface area contributed by atoms with Gasteiger partial charge in [-0.15, -0.1) is 0 Å². The summed E-state index contributed by atoms with van der Waals surface area (Å²) in [7, 11) is 0. The zero-order chi connectivity index (χ0) is 11.3. The lowest BCUT2D eigenvalue weighted by molar-refractivity contribution is -0.151. The lowest BCUT2D eigenvalue weighted by Crippen LogP contribution is -2.52. The van der Waals surface area contributed by atoms with Gasteiger partial charge in [-0.2, -0.15) is 0 Å². The summed E-state index contributed by atoms with van der Waals surface area (Å²) in [5.74, 6) is 0.701. The van der Waals surface area contributed by atoms with Crippen molar-refractivity contribution in [3.8, 4) is 0 Å². The van der Waals surface area contributed by atoms with Gasteiger partial charge < -0.3 is 10.1 Å². The third kappa shape index (κ3) is 3.20. The van der Waals surface area contributed by atoms with E-state index in [1.165, 1.54) is 12.8 Å². The first kappa shape index (κ1) is 12.5. The van der Waals surface area contributed by atoms with Crippen LogP contribution in [0.15, 0.2) is 0 Å². The molecule has 0 aromatic rings. The molecule has 0 bridgehead atoms. The van der Waals surface area contributed by atoms with Crippen LogP contribution in [0.25, 0.3) is 0 Å². The number of ether oxygens (including phenoxy) is 1. The van der Waals surface area contributed by atoms with Gasteiger partial charge in [-0.05, 0) is 45.1 Å². The third-order valence-corrected chi connectivity index (χ3v) is 3.30. The highest BCUT2D eigenvalue weighted by Gasteiger charge is 2.37. The predicted molar refractivity (Wildman–Crippen MR) is 60.7 cm³/mol. The molecule has 0 saturated heterocycles. The van der Waals surface area contributed by atoms with E-state index in [1.54, 1.807) is 0 Å². The van der Waals surface area contributed by atoms with Crippen molar-refractivity contribution in [2.45, 2.75) is 52.0 Å². The summed E-state index contributed by atoms with van der Waals surface area (Å²) >= 11 is 0. The zero-order valence-electron chi connectivity index (χ0n) is 10.1. The van der Waals surface area contributed by atoms with Gasteiger partial charge in [0.25, 0.3) is 0 Å². The number of rotatable bonds is 7. The highest BCUT2D eigenvalue weighted by molar-refractivity contribution is 5.80. The summed E-state index contributed by atoms with van der Waals surface area (Å²) in [6.07, 6.45) is 4.21. The highest BCUT2D eigenvalue weighted by Crippen LogP contribution is 2.29. The molecule has 3 heteroatoms. The maximum Gasteiger partial charge on any atom is 0.326 e. The molecule has 0 amide bonds. The molecule has 1 aliphatic rings. The van der Waals surface area contributed by atoms with E-state index in [0.717, 1.165) is 25.3 Å². The first-order chi connectivity index (χ1) is 7.18. The molecule has 1 aliphatic carbocycles. The fourth-order valence-electron chi connectivity index (χ4n) is 1.79. The number of esters is 1. The van der Waals surface area contributed by atoms with Crippen LogP contribution in [0.1, 0.15) is 46.5 Å². The molecule has 3 nitrogen and oxygen atoms in total. The van der Waals surface area contributed by atoms with Crippen LogP contribution >= 0.6 is 0 Å². The van der Waals surface area contributed by atoms with Crippen molar-refractivity contribution >= 4 is 5.97 Å². The molecular formula is C12H23NO2. The maximum absolute atomic E-state index is 11.9. The predicted octanol–water partition coefficient (Wildman–Crippen LogP) is 2.11. The molecule has 1 rings (SSSR count). The molecule has 0 spiro atoms. The Bertz CT molecular complexity index is 208. The summed E-state index contributed by atoms with van der Waals surface area (Å²) in [4.78, 5) is 11.9. The molecule has 0 radical (unpaired) electrons. The van der Waals surface area contributed by atoms with E-state index in [1.807, 2.05) is 20.8 Å². The van der Waals surface area contributed by atoms with Crippen LogP contribution in [0, 0.1) is 5.92 Å². The standard InChI is InChI=1S/C12H23NO2/c1-4-12(5-2,11(14)15-6-3)13-9-10-7-8-10/h10,13H,4-9H2,1-3H3. The lowest BCUT2D eigenvalue weighted by atomic mass is 9.92. The van der Waals surface area contributed by atoms with Gasteiger partial charge in [-0.1, -0.05) is 13.8 Å². The van der Waals surface area contributed by atoms with Crippen LogP contribution in [0.2, 0.25) is 0 Å². The van der Waals surface area contributed by atoms with Crippen LogP contribution in [-0.4, -0.2) is 24.7 Å². The van der Waals surface area contributed by atoms with Crippen LogP contribution in [0.5, 0.6) is 0 Å². The van der Waals surface area contributed by atoms with Crippen molar-refractivity contribution in [1.82, 2.24) is 5.32 Å². The van der Waals surface area contributed by atoms with Gasteiger partial charge >= 0.3 is 5.97 Å². The van der Waals surface area contributed by atoms with Crippen molar-refractivity contribution < 1.29 is 9.53 Å². The second-order valence-electron chi connectivity index (χ2n) is 4.33. The summed E-state index contributed by atoms with van der Waals surface area (Å²) in [6, 6.07) is 0. The minimum atomic E-state index is -0.446. The van der Waals surface area contributed by atoms with Crippen molar-refractivity contribution in [3.05, 3.63) is 0 Å². The Labute approximate surface area is 92.6 Å². The topological polar surface area (TPSA) is 38.3 Å². The van der Waals surface area contributed by atoms with Gasteiger partial charge in [-0.3, -0.25) is 4.79 Å². The monoisotopic (exact) mass is 213 g/mol. The number of carbonyl (C=O) groups is 1. The smallest absolute Gasteiger partial charge is 0.326 e. The van der Waals surface area contributed by atoms with Gasteiger partial charge in [0.15, 0.2) is 0 Å². The molecule has 0 heterocycles. The van der Waals surface area contributed by atoms with Gasteiger partial charge in [0.2, 0.25) is 0 Å². The SMILES string of the molecule is CCOC(=O)C(CC)(CC)NCC1CC1. The summed E-state index contributed by atoms with van der Waals surface area (Å²) < 4.78 is 5.14. The summed E-state index contributed by atoms with van der Waals surface area (Å²) in [5, 5.41) is 3.40. The quantitative estimate of drug-likeness (QED) is 0.658. The molecular weight excluding hydrogens is 190 g/mol. The molecule has 0 unspecified atom stereocenters. The van der Waals surface area contributed by atoms with Crippen molar-refractivity contribution in [3.63, 3.8) is 0 Å². The van der Waals surface area contributed by atoms with E-state index in [-0.39, 0.29) is 5.97 Å². The lowest BCUT2D eigenvalue weighted by Gasteiger charge is -2.30. The van der Waals surface area contributed by atoms with Gasteiger partial charge in [0.05, 0.1) is 6.61 Å². The molecule has 1 saturated carbocycles. The molecule has 15 heavy (non-hydrogen) atoms. The number of nitrogens with one attached hydrogen (secondary N) is 1. The van der Waals surface area contributed by atoms with Crippen molar-refractivity contribution in [1.29, 1.82) is 0 Å². The highest BCUT2D eigenvalue weighted by atomic mass is 16.5. The molecule has 0 aliphatic heterocycles. The van der Waals surface area contributed by atoms with Crippen LogP contribution in [-0.2, 0) is 9.53 Å². The first-order valence-electron chi connectivity index (χ1n) is 6.10. The average molecular weight is 213 g/mol. The first-order valence-corrected chi connectivity index (χ1v) is 6.10. The molecule has 0 aromatic heterocycles. The Morgan fingerprint density at radius 3 is 2.33 bits per heavy atom. The van der Waals surface area contributed by atoms with Gasteiger partial charge in [0, 0.05) is 0 Å². The van der Waals surface area contributed by atoms with Crippen LogP contribution in [0.3, 0.4) is 0 Å². The fraction of sp³-hybridized carbons (Fsp3) is 0.917. The largest absolute Gasteiger partial charge is 0.465 e. The maximum atomic E-state index is 11.9. The summed E-state index contributed by atoms with van der Waals surface area (Å²) in [5.41, 5.74) is -0.446. The molecule has 1 fully saturated rings. The second kappa shape index (κ2) is 5.50. The van der Waals surface area contributed by atoms with Gasteiger partial charge in [0.1, 0.15) is 5.54 Å². The zero-order valence-corrected chi connectivity index (χ0v) is 10.1. The molecule has 0 aromatic carbocycles. The van der Waals surface area contributed by atoms with E-state index in [0.29, 0.717) is 6.61 Å². The van der Waals surface area contributed by atoms with Gasteiger partial charge in [-0.25, -0.2) is 0 Å². The Hall–Kier alpha value is -0.570. The van der Waals surface area contributed by atoms with E-state index >= 15 is 0 Å². The van der Waals surface area contributed by atoms with Crippen molar-refractivity contribution in [2.24, 2.45) is 5.92 Å². The van der Waals surface area contributed by atoms with Crippen molar-refractivity contribution in [2.75, 3.05) is 13.2 Å². The average Bonchev–Trinajstić information content (AvgIpc) is 3.04. The molecule has 88 valence electrons. The normalized spacial score (nSPS) is 16.5. The number of hydrogen-bond donors (Lipinski definition) is 1.